The molecule has 3 aromatic carbocycles. The van der Waals surface area contributed by atoms with Gasteiger partial charge in [-0.15, -0.1) is 0 Å². The van der Waals surface area contributed by atoms with Crippen molar-refractivity contribution in [1.29, 1.82) is 0 Å². The van der Waals surface area contributed by atoms with E-state index in [2.05, 4.69) is 17.9 Å². The van der Waals surface area contributed by atoms with Crippen molar-refractivity contribution < 1.29 is 22.8 Å². The first-order valence-corrected chi connectivity index (χ1v) is 15.7. The van der Waals surface area contributed by atoms with Crippen LogP contribution in [0.2, 0.25) is 0 Å². The Balaban J connectivity index is 1.68. The second kappa shape index (κ2) is 15.4. The van der Waals surface area contributed by atoms with Gasteiger partial charge in [0.25, 0.3) is 10.0 Å². The van der Waals surface area contributed by atoms with Crippen LogP contribution in [0.4, 0.5) is 0 Å². The average Bonchev–Trinajstić information content (AvgIpc) is 2.95. The van der Waals surface area contributed by atoms with Gasteiger partial charge in [-0.2, -0.15) is 12.6 Å². The standard InChI is InChI=1S/C31H37N3O5S2/c1-3-9-30(36)34(19-18-32-31(37)27(22-40)20-24-10-5-4-6-11-24)21-25-14-16-26(17-15-25)28-12-7-8-13-29(28)41(38,39)33-23(2)35/h4-8,10-17,27,40H,3,9,18-22H2,1-2H3,(H,32,37)(H,33,35)/t27-/m1/s1. The molecular formula is C31H37N3O5S2. The minimum absolute atomic E-state index is 0.00484. The maximum Gasteiger partial charge on any atom is 0.264 e. The lowest BCUT2D eigenvalue weighted by Crippen LogP contribution is -2.40. The van der Waals surface area contributed by atoms with Crippen LogP contribution in [0.5, 0.6) is 0 Å². The van der Waals surface area contributed by atoms with Crippen LogP contribution in [0.15, 0.2) is 83.8 Å². The van der Waals surface area contributed by atoms with Crippen molar-refractivity contribution in [2.75, 3.05) is 18.8 Å². The number of hydrogen-bond acceptors (Lipinski definition) is 6. The number of nitrogens with zero attached hydrogens (tertiary/aromatic N) is 1. The Bertz CT molecular complexity index is 1430. The molecule has 0 aromatic heterocycles. The number of nitrogens with one attached hydrogen (secondary N) is 2. The zero-order valence-corrected chi connectivity index (χ0v) is 25.1. The molecule has 0 radical (unpaired) electrons. The molecule has 41 heavy (non-hydrogen) atoms. The van der Waals surface area contributed by atoms with E-state index >= 15 is 0 Å². The van der Waals surface area contributed by atoms with Crippen LogP contribution in [-0.4, -0.2) is 49.9 Å². The number of sulfonamides is 1. The Morgan fingerprint density at radius 1 is 0.902 bits per heavy atom. The summed E-state index contributed by atoms with van der Waals surface area (Å²) < 4.78 is 27.4. The van der Waals surface area contributed by atoms with Gasteiger partial charge in [0.2, 0.25) is 17.7 Å². The van der Waals surface area contributed by atoms with Crippen molar-refractivity contribution in [2.45, 2.75) is 44.6 Å². The summed E-state index contributed by atoms with van der Waals surface area (Å²) in [5, 5.41) is 2.96. The average molecular weight is 596 g/mol. The molecule has 3 amide bonds. The number of amides is 3. The van der Waals surface area contributed by atoms with Gasteiger partial charge in [0, 0.05) is 44.3 Å². The minimum Gasteiger partial charge on any atom is -0.354 e. The number of rotatable bonds is 14. The quantitative estimate of drug-likeness (QED) is 0.242. The molecule has 1 atom stereocenters. The zero-order chi connectivity index (χ0) is 29.8. The molecule has 0 aliphatic rings. The van der Waals surface area contributed by atoms with Crippen molar-refractivity contribution >= 4 is 40.4 Å². The number of carbonyl (C=O) groups is 3. The summed E-state index contributed by atoms with van der Waals surface area (Å²) >= 11 is 4.37. The van der Waals surface area contributed by atoms with Gasteiger partial charge in [0.15, 0.2) is 0 Å². The highest BCUT2D eigenvalue weighted by Gasteiger charge is 2.21. The van der Waals surface area contributed by atoms with Gasteiger partial charge >= 0.3 is 0 Å². The van der Waals surface area contributed by atoms with E-state index in [0.717, 1.165) is 18.1 Å². The molecule has 0 aliphatic heterocycles. The highest BCUT2D eigenvalue weighted by Crippen LogP contribution is 2.27. The van der Waals surface area contributed by atoms with Gasteiger partial charge in [-0.3, -0.25) is 14.4 Å². The number of benzene rings is 3. The molecule has 0 fully saturated rings. The van der Waals surface area contributed by atoms with Gasteiger partial charge in [-0.05, 0) is 35.6 Å². The zero-order valence-electron chi connectivity index (χ0n) is 23.4. The number of hydrogen-bond donors (Lipinski definition) is 3. The molecular weight excluding hydrogens is 558 g/mol. The van der Waals surface area contributed by atoms with Crippen molar-refractivity contribution in [3.63, 3.8) is 0 Å². The molecule has 0 bridgehead atoms. The van der Waals surface area contributed by atoms with Crippen LogP contribution in [0.1, 0.15) is 37.8 Å². The topological polar surface area (TPSA) is 113 Å². The lowest BCUT2D eigenvalue weighted by atomic mass is 10.0. The maximum absolute atomic E-state index is 12.9. The summed E-state index contributed by atoms with van der Waals surface area (Å²) in [7, 11) is -4.02. The van der Waals surface area contributed by atoms with E-state index in [1.165, 1.54) is 6.07 Å². The summed E-state index contributed by atoms with van der Waals surface area (Å²) in [5.74, 6) is -0.622. The fraction of sp³-hybridized carbons (Fsp3) is 0.323. The molecule has 0 spiro atoms. The third-order valence-electron chi connectivity index (χ3n) is 6.51. The normalized spacial score (nSPS) is 11.9. The van der Waals surface area contributed by atoms with Crippen molar-refractivity contribution in [2.24, 2.45) is 5.92 Å². The predicted molar refractivity (Wildman–Crippen MR) is 164 cm³/mol. The maximum atomic E-state index is 12.9. The van der Waals surface area contributed by atoms with E-state index in [1.54, 1.807) is 35.2 Å². The second-order valence-corrected chi connectivity index (χ2v) is 11.8. The Hall–Kier alpha value is -3.63. The van der Waals surface area contributed by atoms with E-state index in [9.17, 15) is 22.8 Å². The lowest BCUT2D eigenvalue weighted by Gasteiger charge is -2.24. The Labute approximate surface area is 248 Å². The monoisotopic (exact) mass is 595 g/mol. The predicted octanol–water partition coefficient (Wildman–Crippen LogP) is 4.21. The molecule has 0 heterocycles. The van der Waals surface area contributed by atoms with Gasteiger partial charge in [0.1, 0.15) is 0 Å². The Kier molecular flexibility index (Phi) is 12.0. The highest BCUT2D eigenvalue weighted by molar-refractivity contribution is 7.90. The first-order valence-electron chi connectivity index (χ1n) is 13.6. The van der Waals surface area contributed by atoms with Gasteiger partial charge < -0.3 is 10.2 Å². The second-order valence-electron chi connectivity index (χ2n) is 9.78. The first kappa shape index (κ1) is 31.9. The van der Waals surface area contributed by atoms with Crippen molar-refractivity contribution in [3.05, 3.63) is 90.0 Å². The van der Waals surface area contributed by atoms with Crippen molar-refractivity contribution in [1.82, 2.24) is 14.9 Å². The molecule has 3 rings (SSSR count). The fourth-order valence-electron chi connectivity index (χ4n) is 4.45. The minimum atomic E-state index is -4.02. The van der Waals surface area contributed by atoms with Crippen LogP contribution in [0, 0.1) is 5.92 Å². The smallest absolute Gasteiger partial charge is 0.264 e. The summed E-state index contributed by atoms with van der Waals surface area (Å²) in [6.45, 7) is 4.12. The molecule has 10 heteroatoms. The van der Waals surface area contributed by atoms with Crippen molar-refractivity contribution in [3.8, 4) is 11.1 Å². The summed E-state index contributed by atoms with van der Waals surface area (Å²) in [6, 6.07) is 23.5. The molecule has 0 saturated heterocycles. The Morgan fingerprint density at radius 3 is 2.20 bits per heavy atom. The van der Waals surface area contributed by atoms with E-state index < -0.39 is 15.9 Å². The number of carbonyl (C=O) groups excluding carboxylic acids is 3. The third kappa shape index (κ3) is 9.47. The molecule has 0 unspecified atom stereocenters. The summed E-state index contributed by atoms with van der Waals surface area (Å²) in [6.07, 6.45) is 1.70. The molecule has 0 saturated carbocycles. The lowest BCUT2D eigenvalue weighted by molar-refractivity contribution is -0.132. The third-order valence-corrected chi connectivity index (χ3v) is 8.44. The van der Waals surface area contributed by atoms with Crippen LogP contribution >= 0.6 is 12.6 Å². The summed E-state index contributed by atoms with van der Waals surface area (Å²) in [5.41, 5.74) is 3.06. The van der Waals surface area contributed by atoms with E-state index in [0.29, 0.717) is 55.8 Å². The van der Waals surface area contributed by atoms with Crippen LogP contribution < -0.4 is 10.0 Å². The van der Waals surface area contributed by atoms with Crippen LogP contribution in [0.3, 0.4) is 0 Å². The largest absolute Gasteiger partial charge is 0.354 e. The van der Waals surface area contributed by atoms with E-state index in [-0.39, 0.29) is 22.6 Å². The molecule has 8 nitrogen and oxygen atoms in total. The van der Waals surface area contributed by atoms with Gasteiger partial charge in [-0.1, -0.05) is 79.7 Å². The van der Waals surface area contributed by atoms with E-state index in [1.807, 2.05) is 54.1 Å². The SMILES string of the molecule is CCCC(=O)N(CCNC(=O)[C@@H](CS)Cc1ccccc1)Cc1ccc(-c2ccccc2S(=O)(=O)NC(C)=O)cc1. The first-order chi connectivity index (χ1) is 19.6. The molecule has 3 aromatic rings. The molecule has 2 N–H and O–H groups in total. The highest BCUT2D eigenvalue weighted by atomic mass is 32.2. The Morgan fingerprint density at radius 2 is 1.56 bits per heavy atom. The van der Waals surface area contributed by atoms with Crippen LogP contribution in [0.25, 0.3) is 11.1 Å². The van der Waals surface area contributed by atoms with Crippen LogP contribution in [-0.2, 0) is 37.4 Å². The number of thiol groups is 1. The summed E-state index contributed by atoms with van der Waals surface area (Å²) in [4.78, 5) is 38.8. The van der Waals surface area contributed by atoms with Gasteiger partial charge in [-0.25, -0.2) is 13.1 Å². The van der Waals surface area contributed by atoms with E-state index in [4.69, 9.17) is 0 Å². The molecule has 218 valence electrons. The van der Waals surface area contributed by atoms with Gasteiger partial charge in [0.05, 0.1) is 10.8 Å². The fourth-order valence-corrected chi connectivity index (χ4v) is 5.97. The molecule has 0 aliphatic carbocycles.